The van der Waals surface area contributed by atoms with Crippen molar-refractivity contribution in [3.8, 4) is 11.3 Å². The van der Waals surface area contributed by atoms with Gasteiger partial charge in [-0.25, -0.2) is 0 Å². The van der Waals surface area contributed by atoms with Gasteiger partial charge < -0.3 is 14.3 Å². The Hall–Kier alpha value is -2.82. The van der Waals surface area contributed by atoms with E-state index in [1.165, 1.54) is 5.56 Å². The van der Waals surface area contributed by atoms with E-state index >= 15 is 0 Å². The average Bonchev–Trinajstić information content (AvgIpc) is 3.17. The first-order valence-corrected chi connectivity index (χ1v) is 6.57. The summed E-state index contributed by atoms with van der Waals surface area (Å²) in [7, 11) is 0. The zero-order valence-electron chi connectivity index (χ0n) is 11.5. The highest BCUT2D eigenvalue weighted by Crippen LogP contribution is 2.19. The number of rotatable bonds is 4. The SMILES string of the molecule is Cc1ccc(-c2cc(C(=O)NCc3ccco3)on2)cc1. The molecule has 5 nitrogen and oxygen atoms in total. The summed E-state index contributed by atoms with van der Waals surface area (Å²) in [6, 6.07) is 13.0. The molecule has 2 heterocycles. The van der Waals surface area contributed by atoms with E-state index in [0.29, 0.717) is 18.0 Å². The van der Waals surface area contributed by atoms with Gasteiger partial charge >= 0.3 is 0 Å². The standard InChI is InChI=1S/C16H14N2O3/c1-11-4-6-12(7-5-11)14-9-15(21-18-14)16(19)17-10-13-3-2-8-20-13/h2-9H,10H2,1H3,(H,17,19). The number of furan rings is 1. The van der Waals surface area contributed by atoms with Crippen molar-refractivity contribution in [2.75, 3.05) is 0 Å². The summed E-state index contributed by atoms with van der Waals surface area (Å²) in [6.07, 6.45) is 1.56. The van der Waals surface area contributed by atoms with Gasteiger partial charge in [-0.15, -0.1) is 0 Å². The predicted octanol–water partition coefficient (Wildman–Crippen LogP) is 3.17. The summed E-state index contributed by atoms with van der Waals surface area (Å²) in [5, 5.41) is 6.63. The van der Waals surface area contributed by atoms with Crippen molar-refractivity contribution in [1.82, 2.24) is 10.5 Å². The second-order valence-electron chi connectivity index (χ2n) is 4.70. The number of amides is 1. The van der Waals surface area contributed by atoms with Crippen LogP contribution < -0.4 is 5.32 Å². The van der Waals surface area contributed by atoms with Gasteiger partial charge in [-0.3, -0.25) is 4.79 Å². The minimum Gasteiger partial charge on any atom is -0.467 e. The fourth-order valence-electron chi connectivity index (χ4n) is 1.91. The summed E-state index contributed by atoms with van der Waals surface area (Å²) < 4.78 is 10.2. The molecule has 0 unspecified atom stereocenters. The number of aryl methyl sites for hydroxylation is 1. The Bertz CT molecular complexity index is 727. The van der Waals surface area contributed by atoms with Gasteiger partial charge in [-0.1, -0.05) is 35.0 Å². The molecule has 3 rings (SSSR count). The number of nitrogens with one attached hydrogen (secondary N) is 1. The number of aromatic nitrogens is 1. The summed E-state index contributed by atoms with van der Waals surface area (Å²) in [5.41, 5.74) is 2.71. The van der Waals surface area contributed by atoms with Gasteiger partial charge in [0.25, 0.3) is 5.91 Å². The lowest BCUT2D eigenvalue weighted by atomic mass is 10.1. The van der Waals surface area contributed by atoms with Crippen LogP contribution in [0.5, 0.6) is 0 Å². The van der Waals surface area contributed by atoms with E-state index in [1.54, 1.807) is 24.5 Å². The Kier molecular flexibility index (Phi) is 3.55. The molecule has 1 N–H and O–H groups in total. The highest BCUT2D eigenvalue weighted by molar-refractivity contribution is 5.92. The maximum atomic E-state index is 12.0. The molecule has 0 saturated heterocycles. The van der Waals surface area contributed by atoms with Crippen molar-refractivity contribution in [2.24, 2.45) is 0 Å². The van der Waals surface area contributed by atoms with Crippen LogP contribution in [0.2, 0.25) is 0 Å². The third-order valence-electron chi connectivity index (χ3n) is 3.08. The number of nitrogens with zero attached hydrogens (tertiary/aromatic N) is 1. The van der Waals surface area contributed by atoms with E-state index in [1.807, 2.05) is 31.2 Å². The van der Waals surface area contributed by atoms with Crippen LogP contribution in [0.4, 0.5) is 0 Å². The van der Waals surface area contributed by atoms with Crippen molar-refractivity contribution < 1.29 is 13.7 Å². The zero-order chi connectivity index (χ0) is 14.7. The largest absolute Gasteiger partial charge is 0.467 e. The van der Waals surface area contributed by atoms with E-state index in [2.05, 4.69) is 10.5 Å². The highest BCUT2D eigenvalue weighted by atomic mass is 16.5. The molecule has 3 aromatic rings. The molecule has 5 heteroatoms. The fourth-order valence-corrected chi connectivity index (χ4v) is 1.91. The fraction of sp³-hybridized carbons (Fsp3) is 0.125. The van der Waals surface area contributed by atoms with Gasteiger partial charge in [0.05, 0.1) is 12.8 Å². The smallest absolute Gasteiger partial charge is 0.290 e. The number of hydrogen-bond donors (Lipinski definition) is 1. The highest BCUT2D eigenvalue weighted by Gasteiger charge is 2.14. The molecule has 0 spiro atoms. The van der Waals surface area contributed by atoms with Crippen LogP contribution in [0.15, 0.2) is 57.7 Å². The second kappa shape index (κ2) is 5.66. The molecule has 106 valence electrons. The van der Waals surface area contributed by atoms with Crippen LogP contribution in [0.1, 0.15) is 21.9 Å². The van der Waals surface area contributed by atoms with Crippen molar-refractivity contribution in [3.63, 3.8) is 0 Å². The van der Waals surface area contributed by atoms with Crippen molar-refractivity contribution in [1.29, 1.82) is 0 Å². The first-order chi connectivity index (χ1) is 10.2. The topological polar surface area (TPSA) is 68.3 Å². The second-order valence-corrected chi connectivity index (χ2v) is 4.70. The summed E-state index contributed by atoms with van der Waals surface area (Å²) in [5.74, 6) is 0.538. The molecule has 21 heavy (non-hydrogen) atoms. The van der Waals surface area contributed by atoms with Crippen LogP contribution in [-0.2, 0) is 6.54 Å². The van der Waals surface area contributed by atoms with Crippen LogP contribution >= 0.6 is 0 Å². The van der Waals surface area contributed by atoms with Gasteiger partial charge in [-0.05, 0) is 19.1 Å². The summed E-state index contributed by atoms with van der Waals surface area (Å²) >= 11 is 0. The Morgan fingerprint density at radius 2 is 2.05 bits per heavy atom. The predicted molar refractivity (Wildman–Crippen MR) is 76.6 cm³/mol. The van der Waals surface area contributed by atoms with Crippen LogP contribution in [-0.4, -0.2) is 11.1 Å². The lowest BCUT2D eigenvalue weighted by Gasteiger charge is -1.98. The Morgan fingerprint density at radius 3 is 2.76 bits per heavy atom. The van der Waals surface area contributed by atoms with Gasteiger partial charge in [-0.2, -0.15) is 0 Å². The molecular formula is C16H14N2O3. The number of carbonyl (C=O) groups excluding carboxylic acids is 1. The van der Waals surface area contributed by atoms with Gasteiger partial charge in [0.1, 0.15) is 11.5 Å². The Balaban J connectivity index is 1.69. The monoisotopic (exact) mass is 282 g/mol. The molecule has 0 bridgehead atoms. The molecule has 0 saturated carbocycles. The molecule has 1 aromatic carbocycles. The van der Waals surface area contributed by atoms with E-state index in [4.69, 9.17) is 8.94 Å². The molecule has 0 aliphatic heterocycles. The lowest BCUT2D eigenvalue weighted by molar-refractivity contribution is 0.0911. The lowest BCUT2D eigenvalue weighted by Crippen LogP contribution is -2.21. The first-order valence-electron chi connectivity index (χ1n) is 6.57. The quantitative estimate of drug-likeness (QED) is 0.798. The maximum Gasteiger partial charge on any atom is 0.290 e. The molecule has 0 aliphatic rings. The normalized spacial score (nSPS) is 10.5. The molecule has 0 aliphatic carbocycles. The number of carbonyl (C=O) groups is 1. The van der Waals surface area contributed by atoms with Crippen LogP contribution in [0.25, 0.3) is 11.3 Å². The zero-order valence-corrected chi connectivity index (χ0v) is 11.5. The summed E-state index contributed by atoms with van der Waals surface area (Å²) in [6.45, 7) is 2.33. The number of hydrogen-bond acceptors (Lipinski definition) is 4. The third-order valence-corrected chi connectivity index (χ3v) is 3.08. The average molecular weight is 282 g/mol. The van der Waals surface area contributed by atoms with E-state index in [-0.39, 0.29) is 11.7 Å². The van der Waals surface area contributed by atoms with E-state index in [9.17, 15) is 4.79 Å². The maximum absolute atomic E-state index is 12.0. The molecule has 0 radical (unpaired) electrons. The Morgan fingerprint density at radius 1 is 1.24 bits per heavy atom. The van der Waals surface area contributed by atoms with Crippen LogP contribution in [0, 0.1) is 6.92 Å². The van der Waals surface area contributed by atoms with Gasteiger partial charge in [0, 0.05) is 11.6 Å². The Labute approximate surface area is 121 Å². The number of benzene rings is 1. The van der Waals surface area contributed by atoms with Crippen LogP contribution in [0.3, 0.4) is 0 Å². The molecule has 0 atom stereocenters. The van der Waals surface area contributed by atoms with Gasteiger partial charge in [0.2, 0.25) is 5.76 Å². The van der Waals surface area contributed by atoms with E-state index in [0.717, 1.165) is 5.56 Å². The third kappa shape index (κ3) is 3.02. The van der Waals surface area contributed by atoms with Crippen molar-refractivity contribution in [2.45, 2.75) is 13.5 Å². The minimum atomic E-state index is -0.322. The van der Waals surface area contributed by atoms with Crippen molar-refractivity contribution in [3.05, 3.63) is 65.8 Å². The molecule has 1 amide bonds. The summed E-state index contributed by atoms with van der Waals surface area (Å²) in [4.78, 5) is 12.0. The minimum absolute atomic E-state index is 0.178. The molecule has 2 aromatic heterocycles. The van der Waals surface area contributed by atoms with Gasteiger partial charge in [0.15, 0.2) is 0 Å². The molecular weight excluding hydrogens is 268 g/mol. The first kappa shape index (κ1) is 13.2. The molecule has 0 fully saturated rings. The van der Waals surface area contributed by atoms with Crippen molar-refractivity contribution >= 4 is 5.91 Å². The van der Waals surface area contributed by atoms with E-state index < -0.39 is 0 Å².